The van der Waals surface area contributed by atoms with Crippen LogP contribution in [0.1, 0.15) is 36.8 Å². The molecule has 1 aromatic carbocycles. The number of rotatable bonds is 10. The maximum Gasteiger partial charge on any atom is 0.221 e. The van der Waals surface area contributed by atoms with Gasteiger partial charge in [-0.3, -0.25) is 4.79 Å². The standard InChI is InChI=1S/C22H26N4O3/c1-28-14-11-23-20(27)10-12-26(15-17-5-4-13-29-17)22-18-6-2-3-7-19(18)24-21(25-22)16-8-9-16/h2-7,13,16H,8-12,14-15H2,1H3,(H,23,27). The number of benzene rings is 1. The third-order valence-electron chi connectivity index (χ3n) is 5.01. The average Bonchev–Trinajstić information content (AvgIpc) is 3.47. The molecule has 0 spiro atoms. The molecule has 3 aromatic rings. The molecular formula is C22H26N4O3. The number of amides is 1. The number of fused-ring (bicyclic) bond motifs is 1. The van der Waals surface area contributed by atoms with Crippen LogP contribution in [0.4, 0.5) is 5.82 Å². The number of methoxy groups -OCH3 is 1. The summed E-state index contributed by atoms with van der Waals surface area (Å²) in [6, 6.07) is 11.9. The molecule has 0 unspecified atom stereocenters. The van der Waals surface area contributed by atoms with Gasteiger partial charge in [0.1, 0.15) is 17.4 Å². The summed E-state index contributed by atoms with van der Waals surface area (Å²) in [6.45, 7) is 2.09. The highest BCUT2D eigenvalue weighted by Gasteiger charge is 2.28. The van der Waals surface area contributed by atoms with Crippen molar-refractivity contribution in [3.63, 3.8) is 0 Å². The summed E-state index contributed by atoms with van der Waals surface area (Å²) in [6.07, 6.45) is 4.30. The van der Waals surface area contributed by atoms with Gasteiger partial charge in [-0.25, -0.2) is 9.97 Å². The second-order valence-electron chi connectivity index (χ2n) is 7.29. The quantitative estimate of drug-likeness (QED) is 0.532. The molecule has 1 amide bonds. The van der Waals surface area contributed by atoms with Crippen molar-refractivity contribution >= 4 is 22.6 Å². The van der Waals surface area contributed by atoms with Gasteiger partial charge in [0.2, 0.25) is 5.91 Å². The molecule has 0 bridgehead atoms. The van der Waals surface area contributed by atoms with Gasteiger partial charge in [-0.2, -0.15) is 0 Å². The van der Waals surface area contributed by atoms with Crippen LogP contribution in [0.25, 0.3) is 10.9 Å². The van der Waals surface area contributed by atoms with E-state index in [4.69, 9.17) is 19.1 Å². The van der Waals surface area contributed by atoms with Crippen LogP contribution in [-0.2, 0) is 16.1 Å². The van der Waals surface area contributed by atoms with Crippen molar-refractivity contribution in [2.24, 2.45) is 0 Å². The number of anilines is 1. The number of ether oxygens (including phenoxy) is 1. The molecule has 4 rings (SSSR count). The largest absolute Gasteiger partial charge is 0.467 e. The predicted octanol–water partition coefficient (Wildman–Crippen LogP) is 3.26. The van der Waals surface area contributed by atoms with Crippen LogP contribution in [0.2, 0.25) is 0 Å². The highest BCUT2D eigenvalue weighted by atomic mass is 16.5. The number of aromatic nitrogens is 2. The first-order valence-electron chi connectivity index (χ1n) is 10.0. The Balaban J connectivity index is 1.61. The lowest BCUT2D eigenvalue weighted by atomic mass is 10.2. The number of nitrogens with one attached hydrogen (secondary N) is 1. The van der Waals surface area contributed by atoms with Crippen molar-refractivity contribution in [3.8, 4) is 0 Å². The summed E-state index contributed by atoms with van der Waals surface area (Å²) in [5, 5.41) is 3.87. The minimum Gasteiger partial charge on any atom is -0.467 e. The Kier molecular flexibility index (Phi) is 6.05. The molecular weight excluding hydrogens is 368 g/mol. The lowest BCUT2D eigenvalue weighted by Crippen LogP contribution is -2.32. The van der Waals surface area contributed by atoms with Crippen molar-refractivity contribution in [2.75, 3.05) is 31.7 Å². The predicted molar refractivity (Wildman–Crippen MR) is 111 cm³/mol. The second-order valence-corrected chi connectivity index (χ2v) is 7.29. The first-order chi connectivity index (χ1) is 14.2. The van der Waals surface area contributed by atoms with E-state index in [0.29, 0.717) is 38.6 Å². The lowest BCUT2D eigenvalue weighted by Gasteiger charge is -2.24. The number of hydrogen-bond donors (Lipinski definition) is 1. The van der Waals surface area contributed by atoms with E-state index < -0.39 is 0 Å². The van der Waals surface area contributed by atoms with Crippen LogP contribution in [0.5, 0.6) is 0 Å². The van der Waals surface area contributed by atoms with Gasteiger partial charge in [-0.15, -0.1) is 0 Å². The molecule has 2 aromatic heterocycles. The van der Waals surface area contributed by atoms with E-state index in [2.05, 4.69) is 10.2 Å². The number of furan rings is 1. The Labute approximate surface area is 170 Å². The summed E-state index contributed by atoms with van der Waals surface area (Å²) < 4.78 is 10.6. The fourth-order valence-corrected chi connectivity index (χ4v) is 3.31. The van der Waals surface area contributed by atoms with Crippen molar-refractivity contribution in [3.05, 3.63) is 54.2 Å². The lowest BCUT2D eigenvalue weighted by molar-refractivity contribution is -0.121. The SMILES string of the molecule is COCCNC(=O)CCN(Cc1ccco1)c1nc(C2CC2)nc2ccccc12. The summed E-state index contributed by atoms with van der Waals surface area (Å²) in [7, 11) is 1.62. The molecule has 0 atom stereocenters. The smallest absolute Gasteiger partial charge is 0.221 e. The third-order valence-corrected chi connectivity index (χ3v) is 5.01. The fourth-order valence-electron chi connectivity index (χ4n) is 3.31. The third kappa shape index (κ3) is 4.92. The van der Waals surface area contributed by atoms with Crippen molar-refractivity contribution in [2.45, 2.75) is 31.7 Å². The van der Waals surface area contributed by atoms with Gasteiger partial charge in [0, 0.05) is 37.9 Å². The highest BCUT2D eigenvalue weighted by Crippen LogP contribution is 2.40. The first kappa shape index (κ1) is 19.4. The van der Waals surface area contributed by atoms with Crippen LogP contribution in [0.15, 0.2) is 47.1 Å². The Morgan fingerprint density at radius 2 is 2.10 bits per heavy atom. The van der Waals surface area contributed by atoms with Crippen LogP contribution in [0, 0.1) is 0 Å². The Morgan fingerprint density at radius 3 is 2.86 bits per heavy atom. The number of para-hydroxylation sites is 1. The molecule has 1 N–H and O–H groups in total. The Bertz CT molecular complexity index is 954. The van der Waals surface area contributed by atoms with Crippen molar-refractivity contribution in [1.29, 1.82) is 0 Å². The molecule has 2 heterocycles. The number of nitrogens with zero attached hydrogens (tertiary/aromatic N) is 3. The number of carbonyl (C=O) groups excluding carboxylic acids is 1. The monoisotopic (exact) mass is 394 g/mol. The van der Waals surface area contributed by atoms with Gasteiger partial charge < -0.3 is 19.4 Å². The molecule has 7 heteroatoms. The molecule has 152 valence electrons. The average molecular weight is 394 g/mol. The normalized spacial score (nSPS) is 13.6. The number of hydrogen-bond acceptors (Lipinski definition) is 6. The fraction of sp³-hybridized carbons (Fsp3) is 0.409. The van der Waals surface area contributed by atoms with E-state index in [1.807, 2.05) is 36.4 Å². The summed E-state index contributed by atoms with van der Waals surface area (Å²) in [5.74, 6) is 3.03. The van der Waals surface area contributed by atoms with Crippen LogP contribution < -0.4 is 10.2 Å². The molecule has 0 saturated heterocycles. The topological polar surface area (TPSA) is 80.5 Å². The molecule has 1 aliphatic carbocycles. The summed E-state index contributed by atoms with van der Waals surface area (Å²) >= 11 is 0. The van der Waals surface area contributed by atoms with Gasteiger partial charge in [-0.05, 0) is 37.1 Å². The highest BCUT2D eigenvalue weighted by molar-refractivity contribution is 5.89. The summed E-state index contributed by atoms with van der Waals surface area (Å²) in [5.41, 5.74) is 0.938. The Hall–Kier alpha value is -2.93. The number of carbonyl (C=O) groups is 1. The van der Waals surface area contributed by atoms with Crippen molar-refractivity contribution < 1.29 is 13.9 Å². The van der Waals surface area contributed by atoms with Gasteiger partial charge >= 0.3 is 0 Å². The molecule has 1 saturated carbocycles. The van der Waals surface area contributed by atoms with Crippen molar-refractivity contribution in [1.82, 2.24) is 15.3 Å². The minimum absolute atomic E-state index is 0.00715. The molecule has 0 aliphatic heterocycles. The molecule has 29 heavy (non-hydrogen) atoms. The van der Waals surface area contributed by atoms with Gasteiger partial charge in [-0.1, -0.05) is 12.1 Å². The zero-order valence-corrected chi connectivity index (χ0v) is 16.6. The molecule has 7 nitrogen and oxygen atoms in total. The Morgan fingerprint density at radius 1 is 1.24 bits per heavy atom. The molecule has 0 radical (unpaired) electrons. The van der Waals surface area contributed by atoms with Gasteiger partial charge in [0.15, 0.2) is 0 Å². The van der Waals surface area contributed by atoms with Crippen LogP contribution in [0.3, 0.4) is 0 Å². The van der Waals surface area contributed by atoms with E-state index in [0.717, 1.165) is 41.1 Å². The molecule has 1 aliphatic rings. The van der Waals surface area contributed by atoms with E-state index >= 15 is 0 Å². The summed E-state index contributed by atoms with van der Waals surface area (Å²) in [4.78, 5) is 24.1. The zero-order valence-electron chi connectivity index (χ0n) is 16.6. The minimum atomic E-state index is -0.00715. The van der Waals surface area contributed by atoms with E-state index in [-0.39, 0.29) is 5.91 Å². The van der Waals surface area contributed by atoms with Crippen LogP contribution in [-0.4, -0.2) is 42.7 Å². The first-order valence-corrected chi connectivity index (χ1v) is 10.0. The van der Waals surface area contributed by atoms with Gasteiger partial charge in [0.25, 0.3) is 0 Å². The van der Waals surface area contributed by atoms with E-state index in [1.165, 1.54) is 0 Å². The van der Waals surface area contributed by atoms with E-state index in [1.54, 1.807) is 13.4 Å². The maximum atomic E-state index is 12.3. The second kappa shape index (κ2) is 9.05. The van der Waals surface area contributed by atoms with Crippen LogP contribution >= 0.6 is 0 Å². The van der Waals surface area contributed by atoms with Gasteiger partial charge in [0.05, 0.1) is 24.9 Å². The molecule has 1 fully saturated rings. The maximum absolute atomic E-state index is 12.3. The van der Waals surface area contributed by atoms with E-state index in [9.17, 15) is 4.79 Å². The zero-order chi connectivity index (χ0) is 20.1.